The van der Waals surface area contributed by atoms with E-state index in [4.69, 9.17) is 14.2 Å². The van der Waals surface area contributed by atoms with Crippen molar-refractivity contribution in [3.05, 3.63) is 23.3 Å². The number of esters is 1. The summed E-state index contributed by atoms with van der Waals surface area (Å²) in [5.74, 6) is -5.04. The van der Waals surface area contributed by atoms with Crippen molar-refractivity contribution < 1.29 is 38.5 Å². The molecule has 0 radical (unpaired) electrons. The first-order valence-electron chi connectivity index (χ1n) is 8.39. The van der Waals surface area contributed by atoms with E-state index in [-0.39, 0.29) is 16.9 Å². The third kappa shape index (κ3) is 2.68. The summed E-state index contributed by atoms with van der Waals surface area (Å²) in [7, 11) is 3.95. The lowest BCUT2D eigenvalue weighted by Crippen LogP contribution is -2.52. The molecule has 150 valence electrons. The number of aliphatic carboxylic acids is 1. The minimum atomic E-state index is -1.71. The van der Waals surface area contributed by atoms with Gasteiger partial charge in [0.2, 0.25) is 11.8 Å². The number of fused-ring (bicyclic) bond motifs is 1. The zero-order valence-electron chi connectivity index (χ0n) is 15.7. The Morgan fingerprint density at radius 3 is 2.32 bits per heavy atom. The van der Waals surface area contributed by atoms with Gasteiger partial charge in [0.1, 0.15) is 22.6 Å². The average molecular weight is 392 g/mol. The second-order valence-corrected chi connectivity index (χ2v) is 6.77. The van der Waals surface area contributed by atoms with Gasteiger partial charge in [-0.05, 0) is 18.6 Å². The smallest absolute Gasteiger partial charge is 0.341 e. The molecule has 1 aromatic carbocycles. The molecule has 2 amide bonds. The first-order chi connectivity index (χ1) is 13.2. The predicted molar refractivity (Wildman–Crippen MR) is 92.9 cm³/mol. The molecule has 2 heterocycles. The minimum absolute atomic E-state index is 0.0174. The van der Waals surface area contributed by atoms with Crippen molar-refractivity contribution in [3.8, 4) is 11.5 Å². The Labute approximate surface area is 160 Å². The van der Waals surface area contributed by atoms with Crippen LogP contribution in [-0.4, -0.2) is 55.7 Å². The SMILES string of the molecule is COC(=O)c1c(OC)cc(OC)cc1C1NC(C)(C(=O)O)C2C(=O)NC(=O)C12. The number of benzene rings is 1. The van der Waals surface area contributed by atoms with Crippen LogP contribution in [0.3, 0.4) is 0 Å². The number of carboxylic acid groups (broad SMARTS) is 1. The summed E-state index contributed by atoms with van der Waals surface area (Å²) in [6.45, 7) is 1.33. The number of rotatable bonds is 5. The van der Waals surface area contributed by atoms with Crippen molar-refractivity contribution in [1.82, 2.24) is 10.6 Å². The Morgan fingerprint density at radius 1 is 1.11 bits per heavy atom. The number of methoxy groups -OCH3 is 3. The highest BCUT2D eigenvalue weighted by molar-refractivity contribution is 6.09. The summed E-state index contributed by atoms with van der Waals surface area (Å²) in [5.41, 5.74) is -1.45. The monoisotopic (exact) mass is 392 g/mol. The molecular weight excluding hydrogens is 372 g/mol. The van der Waals surface area contributed by atoms with Crippen LogP contribution in [0.5, 0.6) is 11.5 Å². The Morgan fingerprint density at radius 2 is 1.79 bits per heavy atom. The van der Waals surface area contributed by atoms with E-state index in [1.165, 1.54) is 40.4 Å². The summed E-state index contributed by atoms with van der Waals surface area (Å²) < 4.78 is 15.4. The van der Waals surface area contributed by atoms with Crippen molar-refractivity contribution in [2.45, 2.75) is 18.5 Å². The number of amides is 2. The van der Waals surface area contributed by atoms with Gasteiger partial charge in [0.25, 0.3) is 0 Å². The Kier molecular flexibility index (Phi) is 4.76. The number of nitrogens with one attached hydrogen (secondary N) is 2. The van der Waals surface area contributed by atoms with Gasteiger partial charge in [0.15, 0.2) is 0 Å². The fourth-order valence-corrected chi connectivity index (χ4v) is 3.99. The average Bonchev–Trinajstić information content (AvgIpc) is 3.16. The van der Waals surface area contributed by atoms with Crippen molar-refractivity contribution in [1.29, 1.82) is 0 Å². The Bertz CT molecular complexity index is 883. The molecule has 3 rings (SSSR count). The van der Waals surface area contributed by atoms with Gasteiger partial charge >= 0.3 is 11.9 Å². The van der Waals surface area contributed by atoms with Crippen LogP contribution in [0.2, 0.25) is 0 Å². The van der Waals surface area contributed by atoms with Crippen molar-refractivity contribution in [3.63, 3.8) is 0 Å². The minimum Gasteiger partial charge on any atom is -0.497 e. The molecule has 4 atom stereocenters. The first kappa shape index (κ1) is 19.6. The van der Waals surface area contributed by atoms with Crippen LogP contribution in [0.4, 0.5) is 0 Å². The first-order valence-corrected chi connectivity index (χ1v) is 8.39. The number of carbonyl (C=O) groups is 4. The second-order valence-electron chi connectivity index (χ2n) is 6.77. The van der Waals surface area contributed by atoms with Gasteiger partial charge in [0.05, 0.1) is 33.2 Å². The molecule has 2 saturated heterocycles. The number of carboxylic acids is 1. The van der Waals surface area contributed by atoms with Crippen LogP contribution in [0.25, 0.3) is 0 Å². The van der Waals surface area contributed by atoms with Crippen molar-refractivity contribution >= 4 is 23.8 Å². The van der Waals surface area contributed by atoms with Gasteiger partial charge in [-0.1, -0.05) is 0 Å². The fourth-order valence-electron chi connectivity index (χ4n) is 3.99. The van der Waals surface area contributed by atoms with Crippen LogP contribution in [0, 0.1) is 11.8 Å². The molecule has 0 aliphatic carbocycles. The molecule has 10 nitrogen and oxygen atoms in total. The molecule has 10 heteroatoms. The van der Waals surface area contributed by atoms with Gasteiger partial charge < -0.3 is 19.3 Å². The highest BCUT2D eigenvalue weighted by atomic mass is 16.5. The molecule has 0 aromatic heterocycles. The molecule has 0 spiro atoms. The van der Waals surface area contributed by atoms with E-state index in [0.29, 0.717) is 5.75 Å². The van der Waals surface area contributed by atoms with Gasteiger partial charge in [-0.2, -0.15) is 0 Å². The van der Waals surface area contributed by atoms with E-state index in [9.17, 15) is 24.3 Å². The highest BCUT2D eigenvalue weighted by Crippen LogP contribution is 2.48. The van der Waals surface area contributed by atoms with E-state index in [1.807, 2.05) is 0 Å². The molecule has 0 bridgehead atoms. The van der Waals surface area contributed by atoms with Crippen LogP contribution >= 0.6 is 0 Å². The second kappa shape index (κ2) is 6.79. The van der Waals surface area contributed by atoms with Crippen LogP contribution < -0.4 is 20.1 Å². The third-order valence-corrected chi connectivity index (χ3v) is 5.36. The summed E-state index contributed by atoms with van der Waals surface area (Å²) in [6, 6.07) is 2.00. The van der Waals surface area contributed by atoms with E-state index in [1.54, 1.807) is 0 Å². The standard InChI is InChI=1S/C18H20N2O8/c1-18(17(24)25)12-11(14(21)19-15(12)22)13(20-18)8-5-7(26-2)6-9(27-3)10(8)16(23)28-4/h5-6,11-13,20H,1-4H3,(H,24,25)(H,19,21,22). The maximum absolute atomic E-state index is 12.5. The molecule has 1 aromatic rings. The largest absolute Gasteiger partial charge is 0.497 e. The summed E-state index contributed by atoms with van der Waals surface area (Å²) in [6.07, 6.45) is 0. The van der Waals surface area contributed by atoms with Crippen molar-refractivity contribution in [2.75, 3.05) is 21.3 Å². The predicted octanol–water partition coefficient (Wildman–Crippen LogP) is -0.133. The molecule has 2 aliphatic heterocycles. The summed E-state index contributed by atoms with van der Waals surface area (Å²) in [5, 5.41) is 14.8. The van der Waals surface area contributed by atoms with E-state index < -0.39 is 47.2 Å². The van der Waals surface area contributed by atoms with Crippen LogP contribution in [0.15, 0.2) is 12.1 Å². The Hall–Kier alpha value is -3.14. The van der Waals surface area contributed by atoms with E-state index in [2.05, 4.69) is 10.6 Å². The van der Waals surface area contributed by atoms with Gasteiger partial charge in [0, 0.05) is 12.1 Å². The number of ether oxygens (including phenoxy) is 3. The molecule has 3 N–H and O–H groups in total. The van der Waals surface area contributed by atoms with Gasteiger partial charge in [-0.25, -0.2) is 4.79 Å². The van der Waals surface area contributed by atoms with E-state index in [0.717, 1.165) is 0 Å². The van der Waals surface area contributed by atoms with Crippen LogP contribution in [-0.2, 0) is 19.1 Å². The molecule has 4 unspecified atom stereocenters. The fraction of sp³-hybridized carbons (Fsp3) is 0.444. The van der Waals surface area contributed by atoms with Gasteiger partial charge in [-0.3, -0.25) is 25.0 Å². The number of carbonyl (C=O) groups excluding carboxylic acids is 3. The quantitative estimate of drug-likeness (QED) is 0.461. The lowest BCUT2D eigenvalue weighted by atomic mass is 9.80. The molecule has 0 saturated carbocycles. The van der Waals surface area contributed by atoms with Gasteiger partial charge in [-0.15, -0.1) is 0 Å². The lowest BCUT2D eigenvalue weighted by molar-refractivity contribution is -0.148. The maximum atomic E-state index is 12.5. The lowest BCUT2D eigenvalue weighted by Gasteiger charge is -2.25. The molecule has 28 heavy (non-hydrogen) atoms. The maximum Gasteiger partial charge on any atom is 0.341 e. The number of hydrogen-bond donors (Lipinski definition) is 3. The van der Waals surface area contributed by atoms with Crippen LogP contribution in [0.1, 0.15) is 28.9 Å². The molecular formula is C18H20N2O8. The zero-order chi connectivity index (χ0) is 20.8. The normalized spacial score (nSPS) is 28.5. The van der Waals surface area contributed by atoms with E-state index >= 15 is 0 Å². The summed E-state index contributed by atoms with van der Waals surface area (Å²) in [4.78, 5) is 49.2. The number of imide groups is 1. The topological polar surface area (TPSA) is 140 Å². The third-order valence-electron chi connectivity index (χ3n) is 5.36. The molecule has 2 fully saturated rings. The Balaban J connectivity index is 2.25. The molecule has 2 aliphatic rings. The number of hydrogen-bond acceptors (Lipinski definition) is 8. The van der Waals surface area contributed by atoms with Crippen molar-refractivity contribution in [2.24, 2.45) is 11.8 Å². The zero-order valence-corrected chi connectivity index (χ0v) is 15.7. The summed E-state index contributed by atoms with van der Waals surface area (Å²) >= 11 is 0. The highest BCUT2D eigenvalue weighted by Gasteiger charge is 2.64.